The Labute approximate surface area is 177 Å². The molecule has 4 heterocycles. The van der Waals surface area contributed by atoms with E-state index >= 15 is 0 Å². The molecule has 2 aliphatic rings. The lowest BCUT2D eigenvalue weighted by Crippen LogP contribution is -2.40. The van der Waals surface area contributed by atoms with Crippen LogP contribution in [0, 0.1) is 5.92 Å². The molecule has 0 radical (unpaired) electrons. The zero-order chi connectivity index (χ0) is 20.7. The Kier molecular flexibility index (Phi) is 5.00. The lowest BCUT2D eigenvalue weighted by molar-refractivity contribution is -0.117. The van der Waals surface area contributed by atoms with Gasteiger partial charge in [-0.05, 0) is 31.7 Å². The molecule has 8 nitrogen and oxygen atoms in total. The molecule has 3 aromatic heterocycles. The highest BCUT2D eigenvalue weighted by Gasteiger charge is 2.30. The average Bonchev–Trinajstić information content (AvgIpc) is 3.37. The van der Waals surface area contributed by atoms with Crippen LogP contribution in [0.15, 0.2) is 30.0 Å². The summed E-state index contributed by atoms with van der Waals surface area (Å²) in [6, 6.07) is 1.90. The number of likely N-dealkylation sites (tertiary alicyclic amines) is 1. The van der Waals surface area contributed by atoms with E-state index in [1.54, 1.807) is 19.5 Å². The maximum absolute atomic E-state index is 12.8. The molecule has 2 fully saturated rings. The maximum Gasteiger partial charge on any atom is 0.263 e. The number of piperidine rings is 1. The van der Waals surface area contributed by atoms with E-state index in [1.807, 2.05) is 26.9 Å². The summed E-state index contributed by atoms with van der Waals surface area (Å²) in [5.74, 6) is 0.758. The van der Waals surface area contributed by atoms with E-state index < -0.39 is 0 Å². The Morgan fingerprint density at radius 3 is 2.73 bits per heavy atom. The van der Waals surface area contributed by atoms with Crippen LogP contribution in [-0.2, 0) is 9.53 Å². The molecule has 0 aromatic carbocycles. The molecule has 9 heteroatoms. The van der Waals surface area contributed by atoms with Gasteiger partial charge < -0.3 is 19.4 Å². The van der Waals surface area contributed by atoms with Crippen LogP contribution in [0.2, 0.25) is 0 Å². The Balaban J connectivity index is 1.31. The minimum Gasteiger partial charge on any atom is -0.381 e. The first-order chi connectivity index (χ1) is 14.6. The van der Waals surface area contributed by atoms with Crippen LogP contribution in [0.4, 0.5) is 5.82 Å². The van der Waals surface area contributed by atoms with E-state index in [-0.39, 0.29) is 23.8 Å². The minimum atomic E-state index is 0.0297. The molecular weight excluding hydrogens is 402 g/mol. The molecule has 0 atom stereocenters. The number of carbonyl (C=O) groups excluding carboxylic acids is 2. The first-order valence-electron chi connectivity index (χ1n) is 10.2. The predicted octanol–water partition coefficient (Wildman–Crippen LogP) is 3.06. The van der Waals surface area contributed by atoms with Gasteiger partial charge in [0.1, 0.15) is 0 Å². The largest absolute Gasteiger partial charge is 0.381 e. The van der Waals surface area contributed by atoms with Crippen LogP contribution < -0.4 is 5.32 Å². The van der Waals surface area contributed by atoms with E-state index in [0.29, 0.717) is 16.3 Å². The molecule has 1 N–H and O–H groups in total. The molecule has 1 aliphatic heterocycles. The smallest absolute Gasteiger partial charge is 0.263 e. The zero-order valence-electron chi connectivity index (χ0n) is 16.7. The van der Waals surface area contributed by atoms with E-state index in [4.69, 9.17) is 4.74 Å². The first kappa shape index (κ1) is 19.2. The van der Waals surface area contributed by atoms with Crippen LogP contribution in [0.1, 0.15) is 35.4 Å². The number of hydrogen-bond acceptors (Lipinski definition) is 6. The highest BCUT2D eigenvalue weighted by Crippen LogP contribution is 2.30. The fourth-order valence-corrected chi connectivity index (χ4v) is 4.58. The van der Waals surface area contributed by atoms with Crippen molar-refractivity contribution in [3.8, 4) is 11.3 Å². The van der Waals surface area contributed by atoms with Gasteiger partial charge in [-0.15, -0.1) is 11.3 Å². The predicted molar refractivity (Wildman–Crippen MR) is 114 cm³/mol. The van der Waals surface area contributed by atoms with E-state index in [2.05, 4.69) is 15.3 Å². The third-order valence-corrected chi connectivity index (χ3v) is 6.63. The van der Waals surface area contributed by atoms with E-state index in [1.165, 1.54) is 11.3 Å². The number of amides is 2. The van der Waals surface area contributed by atoms with Gasteiger partial charge >= 0.3 is 0 Å². The van der Waals surface area contributed by atoms with Crippen molar-refractivity contribution in [2.75, 3.05) is 25.5 Å². The number of ether oxygens (including phenoxy) is 1. The summed E-state index contributed by atoms with van der Waals surface area (Å²) in [5, 5.41) is 4.81. The number of rotatable bonds is 5. The summed E-state index contributed by atoms with van der Waals surface area (Å²) < 4.78 is 7.23. The Hall–Kier alpha value is -2.78. The van der Waals surface area contributed by atoms with Crippen LogP contribution in [-0.4, -0.2) is 57.4 Å². The lowest BCUT2D eigenvalue weighted by atomic mass is 10.1. The molecular formula is C21H23N5O3S. The molecule has 0 bridgehead atoms. The molecule has 5 rings (SSSR count). The minimum absolute atomic E-state index is 0.0297. The number of nitrogens with zero attached hydrogens (tertiary/aromatic N) is 4. The molecule has 0 unspecified atom stereocenters. The summed E-state index contributed by atoms with van der Waals surface area (Å²) in [6.07, 6.45) is 9.24. The molecule has 30 heavy (non-hydrogen) atoms. The Morgan fingerprint density at radius 2 is 2.00 bits per heavy atom. The topological polar surface area (TPSA) is 88.8 Å². The number of hydrogen-bond donors (Lipinski definition) is 1. The van der Waals surface area contributed by atoms with Crippen LogP contribution in [0.3, 0.4) is 0 Å². The van der Waals surface area contributed by atoms with Crippen LogP contribution in [0.25, 0.3) is 16.9 Å². The number of aromatic nitrogens is 3. The van der Waals surface area contributed by atoms with Gasteiger partial charge in [-0.3, -0.25) is 14.6 Å². The monoisotopic (exact) mass is 425 g/mol. The third-order valence-electron chi connectivity index (χ3n) is 5.71. The van der Waals surface area contributed by atoms with Gasteiger partial charge in [0, 0.05) is 43.3 Å². The summed E-state index contributed by atoms with van der Waals surface area (Å²) in [4.78, 5) is 36.3. The number of methoxy groups -OCH3 is 1. The fourth-order valence-electron chi connectivity index (χ4n) is 3.72. The molecule has 2 amide bonds. The second-order valence-electron chi connectivity index (χ2n) is 7.85. The second-order valence-corrected chi connectivity index (χ2v) is 8.77. The number of carbonyl (C=O) groups is 2. The molecule has 3 aromatic rings. The van der Waals surface area contributed by atoms with Gasteiger partial charge in [-0.25, -0.2) is 4.98 Å². The number of anilines is 1. The Morgan fingerprint density at radius 1 is 1.20 bits per heavy atom. The van der Waals surface area contributed by atoms with Crippen LogP contribution in [0.5, 0.6) is 0 Å². The standard InChI is InChI=1S/C21H23N5O3S/c1-29-15-4-6-25(7-5-15)21(28)17-8-14(12-30-17)16-10-26-11-18(23-19(26)9-22-16)24-20(27)13-2-3-13/h8-13,15H,2-7H2,1H3,(H,24,27). The van der Waals surface area contributed by atoms with Gasteiger partial charge in [-0.1, -0.05) is 0 Å². The summed E-state index contributed by atoms with van der Waals surface area (Å²) in [6.45, 7) is 1.44. The molecule has 1 saturated carbocycles. The van der Waals surface area contributed by atoms with Gasteiger partial charge in [0.05, 0.1) is 29.1 Å². The first-order valence-corrected chi connectivity index (χ1v) is 11.1. The van der Waals surface area contributed by atoms with Gasteiger partial charge in [0.15, 0.2) is 11.5 Å². The van der Waals surface area contributed by atoms with Crippen molar-refractivity contribution in [3.05, 3.63) is 34.9 Å². The van der Waals surface area contributed by atoms with Gasteiger partial charge in [-0.2, -0.15) is 0 Å². The van der Waals surface area contributed by atoms with Gasteiger partial charge in [0.25, 0.3) is 5.91 Å². The molecule has 156 valence electrons. The quantitative estimate of drug-likeness (QED) is 0.679. The van der Waals surface area contributed by atoms with Crippen molar-refractivity contribution in [2.24, 2.45) is 5.92 Å². The molecule has 0 spiro atoms. The summed E-state index contributed by atoms with van der Waals surface area (Å²) in [7, 11) is 1.72. The highest BCUT2D eigenvalue weighted by molar-refractivity contribution is 7.12. The van der Waals surface area contributed by atoms with Crippen molar-refractivity contribution >= 4 is 34.6 Å². The van der Waals surface area contributed by atoms with Crippen LogP contribution >= 0.6 is 11.3 Å². The van der Waals surface area contributed by atoms with Crippen molar-refractivity contribution in [3.63, 3.8) is 0 Å². The van der Waals surface area contributed by atoms with Crippen molar-refractivity contribution < 1.29 is 14.3 Å². The number of fused-ring (bicyclic) bond motifs is 1. The SMILES string of the molecule is COC1CCN(C(=O)c2cc(-c3cn4cc(NC(=O)C5CC5)nc4cn3)cs2)CC1. The van der Waals surface area contributed by atoms with E-state index in [9.17, 15) is 9.59 Å². The lowest BCUT2D eigenvalue weighted by Gasteiger charge is -2.30. The number of imidazole rings is 1. The van der Waals surface area contributed by atoms with Crippen molar-refractivity contribution in [1.82, 2.24) is 19.3 Å². The average molecular weight is 426 g/mol. The van der Waals surface area contributed by atoms with Crippen molar-refractivity contribution in [1.29, 1.82) is 0 Å². The normalized spacial score (nSPS) is 17.4. The van der Waals surface area contributed by atoms with Gasteiger partial charge in [0.2, 0.25) is 5.91 Å². The second kappa shape index (κ2) is 7.81. The van der Waals surface area contributed by atoms with Crippen molar-refractivity contribution in [2.45, 2.75) is 31.8 Å². The summed E-state index contributed by atoms with van der Waals surface area (Å²) >= 11 is 1.44. The number of nitrogens with one attached hydrogen (secondary N) is 1. The maximum atomic E-state index is 12.8. The zero-order valence-corrected chi connectivity index (χ0v) is 17.5. The fraction of sp³-hybridized carbons (Fsp3) is 0.429. The summed E-state index contributed by atoms with van der Waals surface area (Å²) in [5.41, 5.74) is 2.32. The highest BCUT2D eigenvalue weighted by atomic mass is 32.1. The Bertz CT molecular complexity index is 1100. The van der Waals surface area contributed by atoms with E-state index in [0.717, 1.165) is 50.0 Å². The number of thiophene rings is 1. The third kappa shape index (κ3) is 3.82. The molecule has 1 aliphatic carbocycles. The molecule has 1 saturated heterocycles.